The van der Waals surface area contributed by atoms with E-state index in [9.17, 15) is 0 Å². The third-order valence-corrected chi connectivity index (χ3v) is 13.5. The van der Waals surface area contributed by atoms with E-state index in [0.29, 0.717) is 0 Å². The monoisotopic (exact) mass is 569 g/mol. The summed E-state index contributed by atoms with van der Waals surface area (Å²) in [5, 5.41) is 0. The van der Waals surface area contributed by atoms with Crippen LogP contribution >= 0.6 is 0 Å². The van der Waals surface area contributed by atoms with Gasteiger partial charge in [0, 0.05) is 7.11 Å². The molecule has 0 rings (SSSR count). The highest BCUT2D eigenvalue weighted by molar-refractivity contribution is 6.73. The number of rotatable bonds is 34. The molecule has 236 valence electrons. The molecule has 0 aromatic rings. The van der Waals surface area contributed by atoms with Gasteiger partial charge in [-0.15, -0.1) is 0 Å². The molecule has 0 atom stereocenters. The molecular formula is C36H76O2Si. The van der Waals surface area contributed by atoms with Gasteiger partial charge in [0.05, 0.1) is 13.2 Å². The summed E-state index contributed by atoms with van der Waals surface area (Å²) in [6.07, 6.45) is 38.5. The highest BCUT2D eigenvalue weighted by atomic mass is 28.4. The van der Waals surface area contributed by atoms with E-state index in [2.05, 4.69) is 20.8 Å². The molecule has 0 aliphatic rings. The fraction of sp³-hybridized carbons (Fsp3) is 1.00. The van der Waals surface area contributed by atoms with Crippen molar-refractivity contribution in [1.29, 1.82) is 0 Å². The number of hydrogen-bond acceptors (Lipinski definition) is 2. The first-order valence-corrected chi connectivity index (χ1v) is 20.9. The first-order chi connectivity index (χ1) is 19.2. The van der Waals surface area contributed by atoms with Gasteiger partial charge in [0.15, 0.2) is 8.32 Å². The summed E-state index contributed by atoms with van der Waals surface area (Å²) in [6.45, 7) is 8.54. The van der Waals surface area contributed by atoms with Crippen molar-refractivity contribution in [2.75, 3.05) is 20.3 Å². The minimum atomic E-state index is -1.67. The van der Waals surface area contributed by atoms with E-state index in [1.54, 1.807) is 0 Å². The van der Waals surface area contributed by atoms with Crippen LogP contribution in [0.25, 0.3) is 0 Å². The third-order valence-electron chi connectivity index (χ3n) is 8.90. The Labute approximate surface area is 249 Å². The predicted octanol–water partition coefficient (Wildman–Crippen LogP) is 13.2. The summed E-state index contributed by atoms with van der Waals surface area (Å²) in [6, 6.07) is 4.21. The summed E-state index contributed by atoms with van der Waals surface area (Å²) in [5.41, 5.74) is 0. The molecule has 0 aromatic heterocycles. The molecule has 0 aromatic carbocycles. The lowest BCUT2D eigenvalue weighted by molar-refractivity contribution is 0.140. The van der Waals surface area contributed by atoms with E-state index in [1.165, 1.54) is 191 Å². The SMILES string of the molecule is CCCCCCCCCCC[Si](CCCCCCCCCCC)(CCCCCCCCCCC)OCCOC. The van der Waals surface area contributed by atoms with E-state index in [-0.39, 0.29) is 0 Å². The van der Waals surface area contributed by atoms with E-state index in [0.717, 1.165) is 13.2 Å². The normalized spacial score (nSPS) is 12.0. The van der Waals surface area contributed by atoms with Crippen molar-refractivity contribution in [2.24, 2.45) is 0 Å². The summed E-state index contributed by atoms with van der Waals surface area (Å²) in [5.74, 6) is 0. The predicted molar refractivity (Wildman–Crippen MR) is 180 cm³/mol. The van der Waals surface area contributed by atoms with E-state index in [1.807, 2.05) is 7.11 Å². The molecule has 0 heterocycles. The minimum absolute atomic E-state index is 0.766. The van der Waals surface area contributed by atoms with Crippen molar-refractivity contribution >= 4 is 8.32 Å². The average Bonchev–Trinajstić information content (AvgIpc) is 2.94. The first kappa shape index (κ1) is 39.1. The van der Waals surface area contributed by atoms with Gasteiger partial charge in [-0.05, 0) is 18.1 Å². The molecular weight excluding hydrogens is 492 g/mol. The number of unbranched alkanes of at least 4 members (excludes halogenated alkanes) is 24. The molecule has 0 fully saturated rings. The van der Waals surface area contributed by atoms with E-state index in [4.69, 9.17) is 9.16 Å². The lowest BCUT2D eigenvalue weighted by Gasteiger charge is -2.32. The van der Waals surface area contributed by atoms with Gasteiger partial charge in [0.1, 0.15) is 0 Å². The molecule has 0 saturated carbocycles. The third kappa shape index (κ3) is 28.0. The molecule has 0 N–H and O–H groups in total. The summed E-state index contributed by atoms with van der Waals surface area (Å²) >= 11 is 0. The number of ether oxygens (including phenoxy) is 1. The quantitative estimate of drug-likeness (QED) is 0.0567. The van der Waals surface area contributed by atoms with Crippen LogP contribution < -0.4 is 0 Å². The van der Waals surface area contributed by atoms with Gasteiger partial charge in [0.25, 0.3) is 0 Å². The molecule has 0 aliphatic heterocycles. The first-order valence-electron chi connectivity index (χ1n) is 18.4. The second-order valence-electron chi connectivity index (χ2n) is 12.8. The van der Waals surface area contributed by atoms with Crippen LogP contribution in [0, 0.1) is 0 Å². The second-order valence-corrected chi connectivity index (χ2v) is 16.9. The maximum Gasteiger partial charge on any atom is 0.192 e. The van der Waals surface area contributed by atoms with Crippen LogP contribution in [0.15, 0.2) is 0 Å². The molecule has 2 nitrogen and oxygen atoms in total. The van der Waals surface area contributed by atoms with Crippen molar-refractivity contribution in [2.45, 2.75) is 212 Å². The smallest absolute Gasteiger partial charge is 0.192 e. The minimum Gasteiger partial charge on any atom is -0.414 e. The Balaban J connectivity index is 4.59. The zero-order chi connectivity index (χ0) is 28.5. The van der Waals surface area contributed by atoms with Crippen LogP contribution in [0.4, 0.5) is 0 Å². The molecule has 0 bridgehead atoms. The lowest BCUT2D eigenvalue weighted by Crippen LogP contribution is -2.39. The Morgan fingerprint density at radius 1 is 0.333 bits per heavy atom. The Bertz CT molecular complexity index is 387. The largest absolute Gasteiger partial charge is 0.414 e. The highest BCUT2D eigenvalue weighted by Gasteiger charge is 2.33. The van der Waals surface area contributed by atoms with Gasteiger partial charge in [-0.25, -0.2) is 0 Å². The standard InChI is InChI=1S/C36H76O2Si/c1-5-8-11-14-17-20-23-26-29-34-39(38-33-32-37-4,35-30-27-24-21-18-15-12-9-6-2)36-31-28-25-22-19-16-13-10-7-3/h5-36H2,1-4H3. The second kappa shape index (κ2) is 32.6. The van der Waals surface area contributed by atoms with E-state index >= 15 is 0 Å². The van der Waals surface area contributed by atoms with Crippen LogP contribution in [0.3, 0.4) is 0 Å². The van der Waals surface area contributed by atoms with Crippen LogP contribution in [0.1, 0.15) is 194 Å². The van der Waals surface area contributed by atoms with Gasteiger partial charge >= 0.3 is 0 Å². The summed E-state index contributed by atoms with van der Waals surface area (Å²) < 4.78 is 12.3. The maximum atomic E-state index is 6.90. The van der Waals surface area contributed by atoms with Gasteiger partial charge in [0.2, 0.25) is 0 Å². The molecule has 0 radical (unpaired) electrons. The van der Waals surface area contributed by atoms with Crippen LogP contribution in [0.5, 0.6) is 0 Å². The Morgan fingerprint density at radius 3 is 0.846 bits per heavy atom. The molecule has 0 unspecified atom stereocenters. The molecule has 0 spiro atoms. The zero-order valence-corrected chi connectivity index (χ0v) is 28.9. The molecule has 39 heavy (non-hydrogen) atoms. The molecule has 0 aliphatic carbocycles. The van der Waals surface area contributed by atoms with Crippen LogP contribution in [-0.2, 0) is 9.16 Å². The molecule has 3 heteroatoms. The topological polar surface area (TPSA) is 18.5 Å². The lowest BCUT2D eigenvalue weighted by atomic mass is 10.1. The van der Waals surface area contributed by atoms with Gasteiger partial charge < -0.3 is 9.16 Å². The van der Waals surface area contributed by atoms with Crippen molar-refractivity contribution < 1.29 is 9.16 Å². The van der Waals surface area contributed by atoms with Gasteiger partial charge in [-0.1, -0.05) is 194 Å². The average molecular weight is 569 g/mol. The molecule has 0 amide bonds. The molecule has 0 saturated heterocycles. The fourth-order valence-corrected chi connectivity index (χ4v) is 10.6. The number of methoxy groups -OCH3 is 1. The Morgan fingerprint density at radius 2 is 0.590 bits per heavy atom. The Hall–Kier alpha value is 0.137. The zero-order valence-electron chi connectivity index (χ0n) is 27.9. The number of hydrogen-bond donors (Lipinski definition) is 0. The summed E-state index contributed by atoms with van der Waals surface area (Å²) in [7, 11) is 0.156. The van der Waals surface area contributed by atoms with Crippen molar-refractivity contribution in [3.8, 4) is 0 Å². The Kier molecular flexibility index (Phi) is 32.8. The van der Waals surface area contributed by atoms with Crippen molar-refractivity contribution in [3.63, 3.8) is 0 Å². The fourth-order valence-electron chi connectivity index (χ4n) is 6.21. The highest BCUT2D eigenvalue weighted by Crippen LogP contribution is 2.31. The maximum absolute atomic E-state index is 6.90. The van der Waals surface area contributed by atoms with Crippen LogP contribution in [-0.4, -0.2) is 28.6 Å². The van der Waals surface area contributed by atoms with Crippen LogP contribution in [0.2, 0.25) is 18.1 Å². The summed E-state index contributed by atoms with van der Waals surface area (Å²) in [4.78, 5) is 0. The van der Waals surface area contributed by atoms with Crippen molar-refractivity contribution in [1.82, 2.24) is 0 Å². The van der Waals surface area contributed by atoms with Gasteiger partial charge in [-0.3, -0.25) is 0 Å². The van der Waals surface area contributed by atoms with Crippen molar-refractivity contribution in [3.05, 3.63) is 0 Å². The van der Waals surface area contributed by atoms with E-state index < -0.39 is 8.32 Å². The van der Waals surface area contributed by atoms with Gasteiger partial charge in [-0.2, -0.15) is 0 Å².